The summed E-state index contributed by atoms with van der Waals surface area (Å²) in [6.07, 6.45) is 4.98. The predicted octanol–water partition coefficient (Wildman–Crippen LogP) is 1.24. The molecule has 0 aromatic carbocycles. The summed E-state index contributed by atoms with van der Waals surface area (Å²) < 4.78 is 0. The summed E-state index contributed by atoms with van der Waals surface area (Å²) in [5.74, 6) is 0.425. The largest absolute Gasteiger partial charge is 0.341 e. The van der Waals surface area contributed by atoms with Crippen molar-refractivity contribution >= 4 is 11.8 Å². The fraction of sp³-hybridized carbons (Fsp3) is 0.875. The van der Waals surface area contributed by atoms with Crippen molar-refractivity contribution in [3.05, 3.63) is 0 Å². The topological polar surface area (TPSA) is 52.7 Å². The molecule has 2 amide bonds. The van der Waals surface area contributed by atoms with E-state index in [0.717, 1.165) is 58.3 Å². The van der Waals surface area contributed by atoms with E-state index in [4.69, 9.17) is 0 Å². The first kappa shape index (κ1) is 16.3. The van der Waals surface area contributed by atoms with E-state index in [9.17, 15) is 9.59 Å². The van der Waals surface area contributed by atoms with Gasteiger partial charge in [-0.3, -0.25) is 9.59 Å². The minimum Gasteiger partial charge on any atom is -0.341 e. The zero-order valence-corrected chi connectivity index (χ0v) is 13.5. The van der Waals surface area contributed by atoms with Crippen molar-refractivity contribution in [2.75, 3.05) is 39.3 Å². The Balaban J connectivity index is 2.04. The van der Waals surface area contributed by atoms with E-state index in [0.29, 0.717) is 19.0 Å². The van der Waals surface area contributed by atoms with Gasteiger partial charge in [0, 0.05) is 39.6 Å². The molecule has 120 valence electrons. The van der Waals surface area contributed by atoms with Crippen LogP contribution in [0.5, 0.6) is 0 Å². The van der Waals surface area contributed by atoms with E-state index in [2.05, 4.69) is 12.2 Å². The maximum Gasteiger partial charge on any atom is 0.230 e. The van der Waals surface area contributed by atoms with Crippen LogP contribution in [-0.4, -0.2) is 60.9 Å². The summed E-state index contributed by atoms with van der Waals surface area (Å²) >= 11 is 0. The Morgan fingerprint density at radius 1 is 1.10 bits per heavy atom. The van der Waals surface area contributed by atoms with Crippen LogP contribution in [0, 0.1) is 5.41 Å². The molecule has 2 fully saturated rings. The lowest BCUT2D eigenvalue weighted by Crippen LogP contribution is -2.52. The van der Waals surface area contributed by atoms with Crippen molar-refractivity contribution in [1.29, 1.82) is 0 Å². The number of carbonyl (C=O) groups is 2. The molecule has 1 unspecified atom stereocenters. The Kier molecular flexibility index (Phi) is 5.62. The first-order chi connectivity index (χ1) is 10.1. The number of rotatable bonds is 3. The molecule has 2 aliphatic heterocycles. The minimum absolute atomic E-state index is 0.118. The average Bonchev–Trinajstić information content (AvgIpc) is 2.73. The lowest BCUT2D eigenvalue weighted by Gasteiger charge is -2.40. The Morgan fingerprint density at radius 2 is 1.81 bits per heavy atom. The average molecular weight is 295 g/mol. The maximum atomic E-state index is 13.1. The maximum absolute atomic E-state index is 13.1. The van der Waals surface area contributed by atoms with Crippen LogP contribution in [0.25, 0.3) is 0 Å². The Labute approximate surface area is 128 Å². The van der Waals surface area contributed by atoms with E-state index in [1.54, 1.807) is 6.92 Å². The highest BCUT2D eigenvalue weighted by molar-refractivity contribution is 5.83. The Bertz CT molecular complexity index is 372. The molecule has 0 aromatic heterocycles. The van der Waals surface area contributed by atoms with Gasteiger partial charge in [-0.2, -0.15) is 0 Å². The van der Waals surface area contributed by atoms with Crippen molar-refractivity contribution in [3.8, 4) is 0 Å². The lowest BCUT2D eigenvalue weighted by molar-refractivity contribution is -0.144. The highest BCUT2D eigenvalue weighted by Crippen LogP contribution is 2.34. The third-order valence-electron chi connectivity index (χ3n) is 4.88. The van der Waals surface area contributed by atoms with Gasteiger partial charge >= 0.3 is 0 Å². The summed E-state index contributed by atoms with van der Waals surface area (Å²) in [5, 5.41) is 3.41. The summed E-state index contributed by atoms with van der Waals surface area (Å²) in [7, 11) is 0. The molecule has 2 rings (SSSR count). The minimum atomic E-state index is -0.210. The molecule has 0 radical (unpaired) electrons. The van der Waals surface area contributed by atoms with Crippen LogP contribution in [0.3, 0.4) is 0 Å². The van der Waals surface area contributed by atoms with Gasteiger partial charge in [0.05, 0.1) is 5.41 Å². The first-order valence-electron chi connectivity index (χ1n) is 8.35. The number of hydrogen-bond acceptors (Lipinski definition) is 3. The highest BCUT2D eigenvalue weighted by Gasteiger charge is 2.41. The van der Waals surface area contributed by atoms with Crippen molar-refractivity contribution < 1.29 is 9.59 Å². The van der Waals surface area contributed by atoms with E-state index in [1.807, 2.05) is 9.80 Å². The number of hydrogen-bond donors (Lipinski definition) is 1. The summed E-state index contributed by atoms with van der Waals surface area (Å²) in [6.45, 7) is 8.53. The first-order valence-corrected chi connectivity index (χ1v) is 8.35. The summed E-state index contributed by atoms with van der Waals surface area (Å²) in [5.41, 5.74) is -0.210. The summed E-state index contributed by atoms with van der Waals surface area (Å²) in [4.78, 5) is 28.5. The zero-order valence-electron chi connectivity index (χ0n) is 13.5. The lowest BCUT2D eigenvalue weighted by atomic mass is 9.75. The standard InChI is InChI=1S/C16H29N3O2/c1-3-6-16(7-4-8-17-13-16)15(21)19-10-5-9-18(11-12-19)14(2)20/h17H,3-13H2,1-2H3. The molecule has 2 heterocycles. The molecule has 0 aromatic rings. The summed E-state index contributed by atoms with van der Waals surface area (Å²) in [6, 6.07) is 0. The van der Waals surface area contributed by atoms with Crippen LogP contribution in [-0.2, 0) is 9.59 Å². The third kappa shape index (κ3) is 3.76. The van der Waals surface area contributed by atoms with Crippen LogP contribution < -0.4 is 5.32 Å². The molecular formula is C16H29N3O2. The van der Waals surface area contributed by atoms with E-state index in [-0.39, 0.29) is 11.3 Å². The molecule has 5 heteroatoms. The smallest absolute Gasteiger partial charge is 0.230 e. The number of carbonyl (C=O) groups excluding carboxylic acids is 2. The molecule has 0 aliphatic carbocycles. The van der Waals surface area contributed by atoms with Gasteiger partial charge in [-0.25, -0.2) is 0 Å². The van der Waals surface area contributed by atoms with Gasteiger partial charge in [0.15, 0.2) is 0 Å². The van der Waals surface area contributed by atoms with Gasteiger partial charge in [0.2, 0.25) is 11.8 Å². The van der Waals surface area contributed by atoms with E-state index in [1.165, 1.54) is 0 Å². The van der Waals surface area contributed by atoms with Crippen LogP contribution in [0.2, 0.25) is 0 Å². The fourth-order valence-corrected chi connectivity index (χ4v) is 3.72. The fourth-order valence-electron chi connectivity index (χ4n) is 3.72. The SMILES string of the molecule is CCCC1(C(=O)N2CCCN(C(C)=O)CC2)CCCNC1. The Hall–Kier alpha value is -1.10. The molecular weight excluding hydrogens is 266 g/mol. The molecule has 2 aliphatic rings. The quantitative estimate of drug-likeness (QED) is 0.852. The van der Waals surface area contributed by atoms with E-state index < -0.39 is 0 Å². The Morgan fingerprint density at radius 3 is 2.43 bits per heavy atom. The number of nitrogens with one attached hydrogen (secondary N) is 1. The second-order valence-electron chi connectivity index (χ2n) is 6.46. The van der Waals surface area contributed by atoms with Crippen LogP contribution >= 0.6 is 0 Å². The van der Waals surface area contributed by atoms with Gasteiger partial charge in [-0.15, -0.1) is 0 Å². The number of nitrogens with zero attached hydrogens (tertiary/aromatic N) is 2. The van der Waals surface area contributed by atoms with Crippen molar-refractivity contribution in [2.24, 2.45) is 5.41 Å². The molecule has 1 N–H and O–H groups in total. The highest BCUT2D eigenvalue weighted by atomic mass is 16.2. The van der Waals surface area contributed by atoms with Crippen LogP contribution in [0.1, 0.15) is 46.0 Å². The van der Waals surface area contributed by atoms with E-state index >= 15 is 0 Å². The second kappa shape index (κ2) is 7.25. The van der Waals surface area contributed by atoms with Crippen molar-refractivity contribution in [1.82, 2.24) is 15.1 Å². The van der Waals surface area contributed by atoms with Gasteiger partial charge in [0.25, 0.3) is 0 Å². The van der Waals surface area contributed by atoms with Gasteiger partial charge in [0.1, 0.15) is 0 Å². The molecule has 21 heavy (non-hydrogen) atoms. The molecule has 5 nitrogen and oxygen atoms in total. The molecule has 0 saturated carbocycles. The van der Waals surface area contributed by atoms with Crippen molar-refractivity contribution in [3.63, 3.8) is 0 Å². The number of amides is 2. The number of piperidine rings is 1. The van der Waals surface area contributed by atoms with Crippen LogP contribution in [0.15, 0.2) is 0 Å². The monoisotopic (exact) mass is 295 g/mol. The zero-order chi connectivity index (χ0) is 15.3. The molecule has 2 saturated heterocycles. The van der Waals surface area contributed by atoms with Gasteiger partial charge in [-0.1, -0.05) is 13.3 Å². The second-order valence-corrected chi connectivity index (χ2v) is 6.46. The normalized spacial score (nSPS) is 27.3. The third-order valence-corrected chi connectivity index (χ3v) is 4.88. The molecule has 0 spiro atoms. The van der Waals surface area contributed by atoms with Crippen molar-refractivity contribution in [2.45, 2.75) is 46.0 Å². The van der Waals surface area contributed by atoms with Gasteiger partial charge < -0.3 is 15.1 Å². The molecule has 0 bridgehead atoms. The van der Waals surface area contributed by atoms with Crippen LogP contribution in [0.4, 0.5) is 0 Å². The van der Waals surface area contributed by atoms with Gasteiger partial charge in [-0.05, 0) is 32.2 Å². The molecule has 1 atom stereocenters. The predicted molar refractivity (Wildman–Crippen MR) is 82.9 cm³/mol.